The lowest BCUT2D eigenvalue weighted by molar-refractivity contribution is -0.720. The van der Waals surface area contributed by atoms with Crippen molar-refractivity contribution in [1.29, 1.82) is 0 Å². The molecule has 0 saturated heterocycles. The van der Waals surface area contributed by atoms with E-state index in [1.807, 2.05) is 6.08 Å². The van der Waals surface area contributed by atoms with Crippen LogP contribution in [0, 0.1) is 0 Å². The monoisotopic (exact) mass is 200 g/mol. The number of hydrogen-bond donors (Lipinski definition) is 1. The molecule has 0 fully saturated rings. The van der Waals surface area contributed by atoms with Gasteiger partial charge in [0.15, 0.2) is 0 Å². The first-order valence-electron chi connectivity index (χ1n) is 5.57. The maximum Gasteiger partial charge on any atom is 0.130 e. The quantitative estimate of drug-likeness (QED) is 0.720. The highest BCUT2D eigenvalue weighted by Gasteiger charge is 2.20. The van der Waals surface area contributed by atoms with Crippen LogP contribution < -0.4 is 5.32 Å². The minimum Gasteiger partial charge on any atom is -0.334 e. The van der Waals surface area contributed by atoms with E-state index in [4.69, 9.17) is 0 Å². The lowest BCUT2D eigenvalue weighted by Crippen LogP contribution is -2.91. The van der Waals surface area contributed by atoms with E-state index >= 15 is 0 Å². The molecule has 1 aliphatic heterocycles. The molecule has 0 aliphatic carbocycles. The summed E-state index contributed by atoms with van der Waals surface area (Å²) >= 11 is 0. The Morgan fingerprint density at radius 3 is 2.87 bits per heavy atom. The first-order chi connectivity index (χ1) is 7.40. The Bertz CT molecular complexity index is 340. The van der Waals surface area contributed by atoms with Crippen LogP contribution in [-0.2, 0) is 0 Å². The molecule has 15 heavy (non-hydrogen) atoms. The van der Waals surface area contributed by atoms with E-state index in [9.17, 15) is 0 Å². The fraction of sp³-hybridized carbons (Fsp3) is 0.286. The Morgan fingerprint density at radius 1 is 1.33 bits per heavy atom. The Kier molecular flexibility index (Phi) is 3.36. The van der Waals surface area contributed by atoms with Crippen molar-refractivity contribution in [3.63, 3.8) is 0 Å². The summed E-state index contributed by atoms with van der Waals surface area (Å²) < 4.78 is 0. The minimum atomic E-state index is 0.491. The van der Waals surface area contributed by atoms with Gasteiger partial charge >= 0.3 is 0 Å². The van der Waals surface area contributed by atoms with E-state index in [1.165, 1.54) is 5.56 Å². The zero-order valence-electron chi connectivity index (χ0n) is 8.97. The first-order valence-corrected chi connectivity index (χ1v) is 5.57. The normalized spacial score (nSPS) is 25.1. The molecule has 0 bridgehead atoms. The average Bonchev–Trinajstić information content (AvgIpc) is 2.31. The molecule has 2 rings (SSSR count). The molecule has 1 heterocycles. The van der Waals surface area contributed by atoms with Crippen molar-refractivity contribution in [1.82, 2.24) is 0 Å². The predicted octanol–water partition coefficient (Wildman–Crippen LogP) is 2.20. The van der Waals surface area contributed by atoms with Crippen LogP contribution in [0.25, 0.3) is 0 Å². The van der Waals surface area contributed by atoms with Crippen molar-refractivity contribution in [3.8, 4) is 0 Å². The SMILES string of the molecule is C=CC[C@H]1CC=C[C@@H](c2ccccc2)[NH2+]1. The van der Waals surface area contributed by atoms with Crippen LogP contribution in [0.15, 0.2) is 55.1 Å². The van der Waals surface area contributed by atoms with Gasteiger partial charge in [-0.05, 0) is 6.08 Å². The Labute approximate surface area is 91.5 Å². The van der Waals surface area contributed by atoms with Gasteiger partial charge in [-0.2, -0.15) is 0 Å². The van der Waals surface area contributed by atoms with E-state index in [1.54, 1.807) is 0 Å². The first kappa shape index (κ1) is 10.2. The van der Waals surface area contributed by atoms with Crippen molar-refractivity contribution in [3.05, 3.63) is 60.7 Å². The second kappa shape index (κ2) is 4.94. The second-order valence-electron chi connectivity index (χ2n) is 4.08. The van der Waals surface area contributed by atoms with Crippen LogP contribution in [-0.4, -0.2) is 6.04 Å². The molecule has 2 N–H and O–H groups in total. The van der Waals surface area contributed by atoms with Crippen molar-refractivity contribution in [2.45, 2.75) is 24.9 Å². The third-order valence-electron chi connectivity index (χ3n) is 2.92. The van der Waals surface area contributed by atoms with Crippen LogP contribution >= 0.6 is 0 Å². The van der Waals surface area contributed by atoms with Crippen molar-refractivity contribution in [2.24, 2.45) is 0 Å². The molecule has 0 unspecified atom stereocenters. The molecule has 0 radical (unpaired) electrons. The van der Waals surface area contributed by atoms with Gasteiger partial charge in [0.25, 0.3) is 0 Å². The predicted molar refractivity (Wildman–Crippen MR) is 63.5 cm³/mol. The average molecular weight is 200 g/mol. The maximum absolute atomic E-state index is 3.81. The van der Waals surface area contributed by atoms with Gasteiger partial charge in [-0.15, -0.1) is 6.58 Å². The van der Waals surface area contributed by atoms with Crippen molar-refractivity contribution in [2.75, 3.05) is 0 Å². The Morgan fingerprint density at radius 2 is 2.13 bits per heavy atom. The van der Waals surface area contributed by atoms with E-state index in [0.717, 1.165) is 12.8 Å². The minimum absolute atomic E-state index is 0.491. The zero-order valence-corrected chi connectivity index (χ0v) is 8.97. The van der Waals surface area contributed by atoms with E-state index in [2.05, 4.69) is 54.4 Å². The third kappa shape index (κ3) is 2.57. The summed E-state index contributed by atoms with van der Waals surface area (Å²) in [5.41, 5.74) is 1.39. The highest BCUT2D eigenvalue weighted by molar-refractivity contribution is 5.21. The molecule has 1 heteroatoms. The summed E-state index contributed by atoms with van der Waals surface area (Å²) in [7, 11) is 0. The lowest BCUT2D eigenvalue weighted by atomic mass is 9.98. The maximum atomic E-state index is 3.81. The fourth-order valence-corrected chi connectivity index (χ4v) is 2.12. The molecule has 1 nitrogen and oxygen atoms in total. The smallest absolute Gasteiger partial charge is 0.130 e. The van der Waals surface area contributed by atoms with Crippen LogP contribution in [0.1, 0.15) is 24.4 Å². The molecule has 0 amide bonds. The molecular formula is C14H18N+. The molecule has 1 aromatic rings. The van der Waals surface area contributed by atoms with E-state index in [-0.39, 0.29) is 0 Å². The highest BCUT2D eigenvalue weighted by Crippen LogP contribution is 2.14. The van der Waals surface area contributed by atoms with E-state index in [0.29, 0.717) is 12.1 Å². The summed E-state index contributed by atoms with van der Waals surface area (Å²) in [6.45, 7) is 3.81. The molecule has 1 aromatic carbocycles. The fourth-order valence-electron chi connectivity index (χ4n) is 2.12. The van der Waals surface area contributed by atoms with Gasteiger partial charge in [0.2, 0.25) is 0 Å². The summed E-state index contributed by atoms with van der Waals surface area (Å²) in [6, 6.07) is 11.8. The lowest BCUT2D eigenvalue weighted by Gasteiger charge is -2.22. The van der Waals surface area contributed by atoms with Gasteiger partial charge in [0.1, 0.15) is 6.04 Å². The van der Waals surface area contributed by atoms with Crippen molar-refractivity contribution < 1.29 is 5.32 Å². The summed E-state index contributed by atoms with van der Waals surface area (Å²) in [4.78, 5) is 0. The van der Waals surface area contributed by atoms with Crippen LogP contribution in [0.4, 0.5) is 0 Å². The summed E-state index contributed by atoms with van der Waals surface area (Å²) in [6.07, 6.45) is 8.87. The second-order valence-corrected chi connectivity index (χ2v) is 4.08. The van der Waals surface area contributed by atoms with Crippen molar-refractivity contribution >= 4 is 0 Å². The molecule has 1 aliphatic rings. The molecule has 0 spiro atoms. The topological polar surface area (TPSA) is 16.6 Å². The Balaban J connectivity index is 2.08. The number of rotatable bonds is 3. The highest BCUT2D eigenvalue weighted by atomic mass is 15.0. The van der Waals surface area contributed by atoms with Gasteiger partial charge < -0.3 is 5.32 Å². The van der Waals surface area contributed by atoms with Gasteiger partial charge in [-0.3, -0.25) is 0 Å². The van der Waals surface area contributed by atoms with Crippen LogP contribution in [0.2, 0.25) is 0 Å². The van der Waals surface area contributed by atoms with E-state index < -0.39 is 0 Å². The largest absolute Gasteiger partial charge is 0.334 e. The molecule has 0 aromatic heterocycles. The van der Waals surface area contributed by atoms with Gasteiger partial charge in [0.05, 0.1) is 6.04 Å². The number of nitrogens with two attached hydrogens (primary N) is 1. The number of quaternary nitrogens is 1. The molecule has 78 valence electrons. The van der Waals surface area contributed by atoms with Gasteiger partial charge in [0, 0.05) is 18.4 Å². The third-order valence-corrected chi connectivity index (χ3v) is 2.92. The summed E-state index contributed by atoms with van der Waals surface area (Å²) in [5.74, 6) is 0. The standard InChI is InChI=1S/C14H17N/c1-2-7-13-10-6-11-14(15-13)12-8-4-3-5-9-12/h2-6,8-9,11,13-15H,1,7,10H2/p+1/t13-,14-/m0/s1. The van der Waals surface area contributed by atoms with Gasteiger partial charge in [-0.1, -0.05) is 42.5 Å². The zero-order chi connectivity index (χ0) is 10.5. The number of hydrogen-bond acceptors (Lipinski definition) is 0. The molecule has 0 saturated carbocycles. The Hall–Kier alpha value is -1.34. The van der Waals surface area contributed by atoms with Gasteiger partial charge in [-0.25, -0.2) is 0 Å². The molecule has 2 atom stereocenters. The summed E-state index contributed by atoms with van der Waals surface area (Å²) in [5, 5.41) is 2.44. The van der Waals surface area contributed by atoms with Crippen LogP contribution in [0.3, 0.4) is 0 Å². The molecular weight excluding hydrogens is 182 g/mol. The van der Waals surface area contributed by atoms with Crippen LogP contribution in [0.5, 0.6) is 0 Å². The number of benzene rings is 1.